The lowest BCUT2D eigenvalue weighted by molar-refractivity contribution is 0.250. The van der Waals surface area contributed by atoms with Crippen molar-refractivity contribution in [2.45, 2.75) is 26.4 Å². The van der Waals surface area contributed by atoms with Crippen LogP contribution in [0.5, 0.6) is 5.75 Å². The first-order valence-electron chi connectivity index (χ1n) is 5.08. The Balaban J connectivity index is 2.53. The Morgan fingerprint density at radius 2 is 2.13 bits per heavy atom. The van der Waals surface area contributed by atoms with Crippen molar-refractivity contribution in [2.75, 3.05) is 13.2 Å². The molecule has 0 aliphatic rings. The molecule has 15 heavy (non-hydrogen) atoms. The van der Waals surface area contributed by atoms with Crippen LogP contribution in [0.25, 0.3) is 0 Å². The summed E-state index contributed by atoms with van der Waals surface area (Å²) in [6.45, 7) is 2.58. The lowest BCUT2D eigenvalue weighted by Gasteiger charge is -2.10. The molecule has 0 bridgehead atoms. The first kappa shape index (κ1) is 11.9. The van der Waals surface area contributed by atoms with E-state index in [1.54, 1.807) is 12.3 Å². The average Bonchev–Trinajstić information content (AvgIpc) is 2.26. The lowest BCUT2D eigenvalue weighted by atomic mass is 10.2. The van der Waals surface area contributed by atoms with Gasteiger partial charge in [-0.2, -0.15) is 0 Å². The molecular formula is C11H17NO3. The van der Waals surface area contributed by atoms with E-state index >= 15 is 0 Å². The van der Waals surface area contributed by atoms with Gasteiger partial charge in [0.25, 0.3) is 0 Å². The van der Waals surface area contributed by atoms with Crippen LogP contribution in [0.2, 0.25) is 0 Å². The summed E-state index contributed by atoms with van der Waals surface area (Å²) in [5, 5.41) is 17.6. The highest BCUT2D eigenvalue weighted by Crippen LogP contribution is 2.19. The van der Waals surface area contributed by atoms with E-state index in [2.05, 4.69) is 4.98 Å². The predicted molar refractivity (Wildman–Crippen MR) is 56.7 cm³/mol. The van der Waals surface area contributed by atoms with Crippen LogP contribution in [0.1, 0.15) is 24.1 Å². The topological polar surface area (TPSA) is 62.6 Å². The molecule has 0 unspecified atom stereocenters. The molecule has 1 heterocycles. The van der Waals surface area contributed by atoms with Crippen LogP contribution in [0.3, 0.4) is 0 Å². The first-order chi connectivity index (χ1) is 7.29. The third kappa shape index (κ3) is 3.49. The molecule has 0 saturated heterocycles. The van der Waals surface area contributed by atoms with Crippen LogP contribution in [-0.2, 0) is 6.61 Å². The monoisotopic (exact) mass is 211 g/mol. The van der Waals surface area contributed by atoms with Crippen LogP contribution in [0.15, 0.2) is 12.3 Å². The van der Waals surface area contributed by atoms with Crippen LogP contribution < -0.4 is 4.74 Å². The van der Waals surface area contributed by atoms with Crippen molar-refractivity contribution in [1.29, 1.82) is 0 Å². The van der Waals surface area contributed by atoms with E-state index in [1.807, 2.05) is 6.92 Å². The van der Waals surface area contributed by atoms with Crippen molar-refractivity contribution in [2.24, 2.45) is 0 Å². The Morgan fingerprint density at radius 1 is 1.33 bits per heavy atom. The smallest absolute Gasteiger partial charge is 0.125 e. The zero-order valence-electron chi connectivity index (χ0n) is 8.94. The number of aliphatic hydroxyl groups is 2. The maximum Gasteiger partial charge on any atom is 0.125 e. The summed E-state index contributed by atoms with van der Waals surface area (Å²) in [7, 11) is 0. The summed E-state index contributed by atoms with van der Waals surface area (Å²) in [4.78, 5) is 4.03. The fourth-order valence-electron chi connectivity index (χ4n) is 1.27. The molecule has 1 rings (SSSR count). The van der Waals surface area contributed by atoms with Gasteiger partial charge < -0.3 is 14.9 Å². The zero-order chi connectivity index (χ0) is 11.1. The molecule has 0 atom stereocenters. The lowest BCUT2D eigenvalue weighted by Crippen LogP contribution is -2.02. The van der Waals surface area contributed by atoms with E-state index in [0.717, 1.165) is 24.2 Å². The maximum atomic E-state index is 9.00. The zero-order valence-corrected chi connectivity index (χ0v) is 8.94. The molecule has 0 aliphatic heterocycles. The Morgan fingerprint density at radius 3 is 2.80 bits per heavy atom. The quantitative estimate of drug-likeness (QED) is 0.690. The number of rotatable bonds is 6. The molecule has 4 nitrogen and oxygen atoms in total. The Kier molecular flexibility index (Phi) is 5.07. The van der Waals surface area contributed by atoms with Gasteiger partial charge in [0.1, 0.15) is 5.75 Å². The summed E-state index contributed by atoms with van der Waals surface area (Å²) < 4.78 is 5.52. The van der Waals surface area contributed by atoms with Gasteiger partial charge in [0.2, 0.25) is 0 Å². The summed E-state index contributed by atoms with van der Waals surface area (Å²) in [5.74, 6) is 0.756. The van der Waals surface area contributed by atoms with E-state index in [4.69, 9.17) is 14.9 Å². The molecule has 0 spiro atoms. The SMILES string of the molecule is Cc1c(OCCCCO)ccnc1CO. The van der Waals surface area contributed by atoms with Crippen molar-refractivity contribution in [3.05, 3.63) is 23.5 Å². The number of aromatic nitrogens is 1. The fourth-order valence-corrected chi connectivity index (χ4v) is 1.27. The molecule has 84 valence electrons. The number of aliphatic hydroxyl groups excluding tert-OH is 2. The minimum absolute atomic E-state index is 0.0698. The highest BCUT2D eigenvalue weighted by molar-refractivity contribution is 5.34. The van der Waals surface area contributed by atoms with Crippen molar-refractivity contribution in [3.8, 4) is 5.75 Å². The molecule has 2 N–H and O–H groups in total. The van der Waals surface area contributed by atoms with Gasteiger partial charge in [-0.15, -0.1) is 0 Å². The molecular weight excluding hydrogens is 194 g/mol. The Labute approximate surface area is 89.5 Å². The molecule has 1 aromatic heterocycles. The minimum atomic E-state index is -0.0698. The van der Waals surface area contributed by atoms with E-state index in [1.165, 1.54) is 0 Å². The summed E-state index contributed by atoms with van der Waals surface area (Å²) in [5.41, 5.74) is 1.53. The summed E-state index contributed by atoms with van der Waals surface area (Å²) in [6, 6.07) is 1.79. The molecule has 0 aliphatic carbocycles. The van der Waals surface area contributed by atoms with Crippen molar-refractivity contribution >= 4 is 0 Å². The molecule has 0 amide bonds. The largest absolute Gasteiger partial charge is 0.493 e. The second-order valence-electron chi connectivity index (χ2n) is 3.32. The molecule has 0 radical (unpaired) electrons. The predicted octanol–water partition coefficient (Wildman–Crippen LogP) is 1.03. The van der Waals surface area contributed by atoms with Gasteiger partial charge in [-0.3, -0.25) is 4.98 Å². The number of unbranched alkanes of at least 4 members (excludes halogenated alkanes) is 1. The van der Waals surface area contributed by atoms with Gasteiger partial charge in [0.05, 0.1) is 18.9 Å². The number of pyridine rings is 1. The van der Waals surface area contributed by atoms with E-state index in [0.29, 0.717) is 12.3 Å². The third-order valence-electron chi connectivity index (χ3n) is 2.22. The number of ether oxygens (including phenoxy) is 1. The van der Waals surface area contributed by atoms with Crippen LogP contribution >= 0.6 is 0 Å². The number of nitrogens with zero attached hydrogens (tertiary/aromatic N) is 1. The minimum Gasteiger partial charge on any atom is -0.493 e. The fraction of sp³-hybridized carbons (Fsp3) is 0.545. The summed E-state index contributed by atoms with van der Waals surface area (Å²) in [6.07, 6.45) is 3.20. The van der Waals surface area contributed by atoms with Crippen molar-refractivity contribution in [3.63, 3.8) is 0 Å². The highest BCUT2D eigenvalue weighted by Gasteiger charge is 2.04. The van der Waals surface area contributed by atoms with Crippen LogP contribution in [0, 0.1) is 6.92 Å². The molecule has 0 saturated carbocycles. The van der Waals surface area contributed by atoms with Gasteiger partial charge in [0.15, 0.2) is 0 Å². The second-order valence-corrected chi connectivity index (χ2v) is 3.32. The van der Waals surface area contributed by atoms with Crippen molar-refractivity contribution in [1.82, 2.24) is 4.98 Å². The number of hydrogen-bond acceptors (Lipinski definition) is 4. The molecule has 4 heteroatoms. The first-order valence-corrected chi connectivity index (χ1v) is 5.08. The van der Waals surface area contributed by atoms with Gasteiger partial charge in [0, 0.05) is 18.4 Å². The third-order valence-corrected chi connectivity index (χ3v) is 2.22. The average molecular weight is 211 g/mol. The molecule has 1 aromatic rings. The normalized spacial score (nSPS) is 10.3. The van der Waals surface area contributed by atoms with E-state index in [9.17, 15) is 0 Å². The highest BCUT2D eigenvalue weighted by atomic mass is 16.5. The van der Waals surface area contributed by atoms with Gasteiger partial charge >= 0.3 is 0 Å². The van der Waals surface area contributed by atoms with Crippen LogP contribution in [-0.4, -0.2) is 28.4 Å². The maximum absolute atomic E-state index is 9.00. The standard InChI is InChI=1S/C11H17NO3/c1-9-10(8-14)12-5-4-11(9)15-7-3-2-6-13/h4-5,13-14H,2-3,6-8H2,1H3. The Bertz CT molecular complexity index is 302. The molecule has 0 aromatic carbocycles. The van der Waals surface area contributed by atoms with Gasteiger partial charge in [-0.05, 0) is 25.8 Å². The van der Waals surface area contributed by atoms with E-state index in [-0.39, 0.29) is 13.2 Å². The van der Waals surface area contributed by atoms with E-state index < -0.39 is 0 Å². The Hall–Kier alpha value is -1.13. The van der Waals surface area contributed by atoms with Crippen LogP contribution in [0.4, 0.5) is 0 Å². The van der Waals surface area contributed by atoms with Gasteiger partial charge in [-0.25, -0.2) is 0 Å². The van der Waals surface area contributed by atoms with Gasteiger partial charge in [-0.1, -0.05) is 0 Å². The number of hydrogen-bond donors (Lipinski definition) is 2. The second kappa shape index (κ2) is 6.37. The van der Waals surface area contributed by atoms with Crippen molar-refractivity contribution < 1.29 is 14.9 Å². The summed E-state index contributed by atoms with van der Waals surface area (Å²) >= 11 is 0. The molecule has 0 fully saturated rings.